The zero-order chi connectivity index (χ0) is 18.7. The van der Waals surface area contributed by atoms with Crippen molar-refractivity contribution in [2.75, 3.05) is 12.3 Å². The SMILES string of the molecule is Cc1cccc(C(C)S(=O)(=O)CC(=O)NCC2Cc3ccccc3O2)c1. The smallest absolute Gasteiger partial charge is 0.235 e. The van der Waals surface area contributed by atoms with Gasteiger partial charge in [0.2, 0.25) is 5.91 Å². The van der Waals surface area contributed by atoms with E-state index in [1.807, 2.05) is 49.4 Å². The van der Waals surface area contributed by atoms with Gasteiger partial charge in [-0.2, -0.15) is 0 Å². The Bertz CT molecular complexity index is 883. The predicted molar refractivity (Wildman–Crippen MR) is 101 cm³/mol. The summed E-state index contributed by atoms with van der Waals surface area (Å²) in [5.41, 5.74) is 2.80. The van der Waals surface area contributed by atoms with Gasteiger partial charge in [-0.25, -0.2) is 8.42 Å². The molecular weight excluding hydrogens is 350 g/mol. The third kappa shape index (κ3) is 4.25. The lowest BCUT2D eigenvalue weighted by atomic mass is 10.1. The summed E-state index contributed by atoms with van der Waals surface area (Å²) in [4.78, 5) is 12.1. The minimum atomic E-state index is -3.58. The molecule has 0 spiro atoms. The molecule has 26 heavy (non-hydrogen) atoms. The fourth-order valence-corrected chi connectivity index (χ4v) is 4.36. The average molecular weight is 373 g/mol. The first-order chi connectivity index (χ1) is 12.3. The van der Waals surface area contributed by atoms with Crippen molar-refractivity contribution in [1.29, 1.82) is 0 Å². The minimum Gasteiger partial charge on any atom is -0.488 e. The van der Waals surface area contributed by atoms with Crippen LogP contribution in [0, 0.1) is 6.92 Å². The molecule has 2 unspecified atom stereocenters. The highest BCUT2D eigenvalue weighted by Crippen LogP contribution is 2.28. The van der Waals surface area contributed by atoms with E-state index in [0.717, 1.165) is 16.9 Å². The number of carbonyl (C=O) groups excluding carboxylic acids is 1. The first-order valence-corrected chi connectivity index (χ1v) is 10.4. The summed E-state index contributed by atoms with van der Waals surface area (Å²) in [5.74, 6) is -0.196. The van der Waals surface area contributed by atoms with E-state index in [4.69, 9.17) is 4.74 Å². The summed E-state index contributed by atoms with van der Waals surface area (Å²) in [6, 6.07) is 15.1. The van der Waals surface area contributed by atoms with Gasteiger partial charge in [0.05, 0.1) is 11.8 Å². The number of fused-ring (bicyclic) bond motifs is 1. The average Bonchev–Trinajstić information content (AvgIpc) is 3.02. The van der Waals surface area contributed by atoms with Crippen molar-refractivity contribution >= 4 is 15.7 Å². The number of amides is 1. The maximum absolute atomic E-state index is 12.5. The highest BCUT2D eigenvalue weighted by atomic mass is 32.2. The highest BCUT2D eigenvalue weighted by Gasteiger charge is 2.27. The summed E-state index contributed by atoms with van der Waals surface area (Å²) in [6.45, 7) is 3.82. The van der Waals surface area contributed by atoms with Gasteiger partial charge in [0.1, 0.15) is 17.6 Å². The van der Waals surface area contributed by atoms with Crippen molar-refractivity contribution in [2.24, 2.45) is 0 Å². The molecule has 138 valence electrons. The van der Waals surface area contributed by atoms with Crippen LogP contribution in [0.5, 0.6) is 5.75 Å². The van der Waals surface area contributed by atoms with E-state index >= 15 is 0 Å². The Kier molecular flexibility index (Phi) is 5.32. The molecule has 2 atom stereocenters. The van der Waals surface area contributed by atoms with Gasteiger partial charge < -0.3 is 10.1 Å². The van der Waals surface area contributed by atoms with E-state index in [9.17, 15) is 13.2 Å². The second-order valence-corrected chi connectivity index (χ2v) is 9.04. The molecule has 6 heteroatoms. The van der Waals surface area contributed by atoms with Crippen molar-refractivity contribution < 1.29 is 17.9 Å². The van der Waals surface area contributed by atoms with Crippen LogP contribution in [0.15, 0.2) is 48.5 Å². The molecule has 0 radical (unpaired) electrons. The molecular formula is C20H23NO4S. The van der Waals surface area contributed by atoms with Crippen molar-refractivity contribution in [3.05, 3.63) is 65.2 Å². The molecule has 1 aliphatic rings. The number of sulfone groups is 1. The third-order valence-corrected chi connectivity index (χ3v) is 6.64. The quantitative estimate of drug-likeness (QED) is 0.845. The van der Waals surface area contributed by atoms with Crippen LogP contribution in [0.25, 0.3) is 0 Å². The summed E-state index contributed by atoms with van der Waals surface area (Å²) < 4.78 is 30.8. The Labute approximate surface area is 154 Å². The number of para-hydroxylation sites is 1. The molecule has 2 aromatic carbocycles. The Morgan fingerprint density at radius 1 is 1.23 bits per heavy atom. The lowest BCUT2D eigenvalue weighted by Gasteiger charge is -2.15. The van der Waals surface area contributed by atoms with Gasteiger partial charge in [-0.1, -0.05) is 48.0 Å². The molecule has 3 rings (SSSR count). The molecule has 1 aliphatic heterocycles. The summed E-state index contributed by atoms with van der Waals surface area (Å²) in [6.07, 6.45) is 0.552. The largest absolute Gasteiger partial charge is 0.488 e. The molecule has 0 saturated heterocycles. The number of rotatable bonds is 6. The monoisotopic (exact) mass is 373 g/mol. The van der Waals surface area contributed by atoms with Crippen LogP contribution in [0.2, 0.25) is 0 Å². The maximum atomic E-state index is 12.5. The number of ether oxygens (including phenoxy) is 1. The molecule has 1 N–H and O–H groups in total. The number of nitrogens with one attached hydrogen (secondary N) is 1. The molecule has 1 amide bonds. The molecule has 0 aromatic heterocycles. The zero-order valence-electron chi connectivity index (χ0n) is 14.9. The van der Waals surface area contributed by atoms with Crippen LogP contribution >= 0.6 is 0 Å². The van der Waals surface area contributed by atoms with Crippen LogP contribution in [-0.2, 0) is 21.1 Å². The predicted octanol–water partition coefficient (Wildman–Crippen LogP) is 2.59. The van der Waals surface area contributed by atoms with E-state index in [1.165, 1.54) is 0 Å². The molecule has 0 fully saturated rings. The molecule has 1 heterocycles. The highest BCUT2D eigenvalue weighted by molar-refractivity contribution is 7.92. The van der Waals surface area contributed by atoms with Crippen LogP contribution in [0.1, 0.15) is 28.9 Å². The van der Waals surface area contributed by atoms with Gasteiger partial charge in [-0.3, -0.25) is 4.79 Å². The van der Waals surface area contributed by atoms with E-state index in [-0.39, 0.29) is 6.10 Å². The molecule has 0 saturated carbocycles. The Morgan fingerprint density at radius 3 is 2.73 bits per heavy atom. The Hall–Kier alpha value is -2.34. The Morgan fingerprint density at radius 2 is 2.00 bits per heavy atom. The zero-order valence-corrected chi connectivity index (χ0v) is 15.8. The number of carbonyl (C=O) groups is 1. The van der Waals surface area contributed by atoms with Crippen LogP contribution in [-0.4, -0.2) is 32.7 Å². The number of benzene rings is 2. The van der Waals surface area contributed by atoms with E-state index in [2.05, 4.69) is 5.32 Å². The second kappa shape index (κ2) is 7.50. The van der Waals surface area contributed by atoms with Crippen LogP contribution in [0.4, 0.5) is 0 Å². The first-order valence-electron chi connectivity index (χ1n) is 8.64. The van der Waals surface area contributed by atoms with Gasteiger partial charge in [-0.15, -0.1) is 0 Å². The number of hydrogen-bond acceptors (Lipinski definition) is 4. The third-order valence-electron chi connectivity index (χ3n) is 4.62. The van der Waals surface area contributed by atoms with Crippen molar-refractivity contribution in [3.8, 4) is 5.75 Å². The Balaban J connectivity index is 1.54. The van der Waals surface area contributed by atoms with Crippen molar-refractivity contribution in [1.82, 2.24) is 5.32 Å². The fraction of sp³-hybridized carbons (Fsp3) is 0.350. The van der Waals surface area contributed by atoms with Crippen molar-refractivity contribution in [3.63, 3.8) is 0 Å². The lowest BCUT2D eigenvalue weighted by Crippen LogP contribution is -2.38. The van der Waals surface area contributed by atoms with E-state index < -0.39 is 26.7 Å². The lowest BCUT2D eigenvalue weighted by molar-refractivity contribution is -0.118. The first kappa shape index (κ1) is 18.5. The molecule has 5 nitrogen and oxygen atoms in total. The summed E-state index contributed by atoms with van der Waals surface area (Å²) in [7, 11) is -3.58. The molecule has 2 aromatic rings. The van der Waals surface area contributed by atoms with Gasteiger partial charge in [0.25, 0.3) is 0 Å². The summed E-state index contributed by atoms with van der Waals surface area (Å²) in [5, 5.41) is 1.97. The molecule has 0 aliphatic carbocycles. The van der Waals surface area contributed by atoms with Gasteiger partial charge in [0, 0.05) is 6.42 Å². The fourth-order valence-electron chi connectivity index (χ4n) is 3.08. The van der Waals surface area contributed by atoms with Gasteiger partial charge >= 0.3 is 0 Å². The maximum Gasteiger partial charge on any atom is 0.235 e. The number of aryl methyl sites for hydroxylation is 1. The molecule has 0 bridgehead atoms. The van der Waals surface area contributed by atoms with E-state index in [1.54, 1.807) is 13.0 Å². The number of hydrogen-bond donors (Lipinski definition) is 1. The van der Waals surface area contributed by atoms with Crippen LogP contribution < -0.4 is 10.1 Å². The minimum absolute atomic E-state index is 0.159. The van der Waals surface area contributed by atoms with E-state index in [0.29, 0.717) is 18.5 Å². The van der Waals surface area contributed by atoms with Gasteiger partial charge in [0.15, 0.2) is 9.84 Å². The normalized spacial score (nSPS) is 17.2. The standard InChI is InChI=1S/C20H23NO4S/c1-14-6-5-8-16(10-14)15(2)26(23,24)13-20(22)21-12-18-11-17-7-3-4-9-19(17)25-18/h3-10,15,18H,11-13H2,1-2H3,(H,21,22). The summed E-state index contributed by atoms with van der Waals surface area (Å²) >= 11 is 0. The second-order valence-electron chi connectivity index (χ2n) is 6.72. The van der Waals surface area contributed by atoms with Gasteiger partial charge in [-0.05, 0) is 31.0 Å². The van der Waals surface area contributed by atoms with Crippen LogP contribution in [0.3, 0.4) is 0 Å². The topological polar surface area (TPSA) is 72.5 Å². The van der Waals surface area contributed by atoms with Crippen molar-refractivity contribution in [2.45, 2.75) is 31.6 Å².